The molecule has 2 aromatic rings. The molecule has 3 fully saturated rings. The van der Waals surface area contributed by atoms with E-state index >= 15 is 0 Å². The largest absolute Gasteiger partial charge is 0.490 e. The molecule has 260 valence electrons. The second-order valence-corrected chi connectivity index (χ2v) is 18.7. The zero-order chi connectivity index (χ0) is 33.2. The summed E-state index contributed by atoms with van der Waals surface area (Å²) in [5.41, 5.74) is 3.88. The summed E-state index contributed by atoms with van der Waals surface area (Å²) in [6, 6.07) is 12.1. The van der Waals surface area contributed by atoms with Gasteiger partial charge in [-0.15, -0.1) is 0 Å². The lowest BCUT2D eigenvalue weighted by Crippen LogP contribution is -2.50. The van der Waals surface area contributed by atoms with Crippen molar-refractivity contribution < 1.29 is 23.2 Å². The summed E-state index contributed by atoms with van der Waals surface area (Å²) in [5, 5.41) is 0.516. The normalized spacial score (nSPS) is 39.7. The van der Waals surface area contributed by atoms with E-state index < -0.39 is 9.71 Å². The number of aryl methyl sites for hydroxylation is 1. The first-order valence-corrected chi connectivity index (χ1v) is 20.6. The lowest BCUT2D eigenvalue weighted by Gasteiger charge is -2.47. The Morgan fingerprint density at radius 3 is 2.52 bits per heavy atom. The zero-order valence-electron chi connectivity index (χ0n) is 28.5. The second-order valence-electron chi connectivity index (χ2n) is 15.9. The maximum atomic E-state index is 13.9. The molecule has 0 aromatic heterocycles. The van der Waals surface area contributed by atoms with E-state index in [1.54, 1.807) is 6.07 Å². The number of halogens is 1. The molecule has 10 atom stereocenters. The highest BCUT2D eigenvalue weighted by molar-refractivity contribution is 7.99. The average molecular weight is 695 g/mol. The Morgan fingerprint density at radius 1 is 0.958 bits per heavy atom. The molecule has 6 aliphatic rings. The van der Waals surface area contributed by atoms with Crippen molar-refractivity contribution >= 4 is 38.8 Å². The minimum atomic E-state index is -2.89. The van der Waals surface area contributed by atoms with E-state index in [0.29, 0.717) is 29.9 Å². The van der Waals surface area contributed by atoms with Gasteiger partial charge < -0.3 is 19.1 Å². The maximum Gasteiger partial charge on any atom is 0.262 e. The summed E-state index contributed by atoms with van der Waals surface area (Å²) >= 11 is 6.49. The van der Waals surface area contributed by atoms with Crippen LogP contribution < -0.4 is 14.4 Å². The second kappa shape index (κ2) is 12.8. The van der Waals surface area contributed by atoms with Crippen molar-refractivity contribution in [3.8, 4) is 5.75 Å². The van der Waals surface area contributed by atoms with Crippen LogP contribution in [0.15, 0.2) is 36.4 Å². The number of benzene rings is 2. The lowest BCUT2D eigenvalue weighted by molar-refractivity contribution is -0.143. The summed E-state index contributed by atoms with van der Waals surface area (Å²) in [6.45, 7) is 6.36. The first kappa shape index (κ1) is 32.9. The van der Waals surface area contributed by atoms with Crippen molar-refractivity contribution in [3.63, 3.8) is 0 Å². The molecule has 48 heavy (non-hydrogen) atoms. The maximum absolute atomic E-state index is 13.9. The molecule has 1 amide bonds. The molecule has 9 heteroatoms. The monoisotopic (exact) mass is 694 g/mol. The number of fused-ring (bicyclic) bond motifs is 5. The van der Waals surface area contributed by atoms with E-state index in [9.17, 15) is 9.00 Å². The molecule has 1 N–H and O–H groups in total. The van der Waals surface area contributed by atoms with Crippen molar-refractivity contribution in [1.82, 2.24) is 4.72 Å². The molecule has 8 rings (SSSR count). The topological polar surface area (TPSA) is 77.1 Å². The molecule has 3 heterocycles. The standard InChI is InChI=1S/C39H51ClN2O5S/c1-24-7-4-9-31(38-46-35-10-5-11-36(35)47-38)30-15-12-28(30)21-42-22-39(18-6-8-26-19-29(40)14-16-32(26)39)23-45-34-17-13-27(20-33(34)42)37(43)41-48(3,44)25(24)2/h13-14,16-17,19-20,24-25,28,30-31,35-36,38H,3-12,15,18,21-23H2,1-2H3,(H,41,43,44)/t24-,25+,28-,30+,31-,35-,36+,38?,39-,48?/m0/s1. The van der Waals surface area contributed by atoms with Crippen LogP contribution in [0.25, 0.3) is 0 Å². The SMILES string of the molecule is C=S1(=O)NC(=O)c2ccc3c(c2)N(C[C@@H]2CC[C@H]2[C@@H](C2O[C@H]4CCC[C@H]4O2)CCC[C@H](C)[C@H]1C)C[C@@]1(CCCc2cc(Cl)ccc21)CO3. The van der Waals surface area contributed by atoms with E-state index in [4.69, 9.17) is 25.8 Å². The number of rotatable bonds is 1. The van der Waals surface area contributed by atoms with E-state index in [1.165, 1.54) is 30.4 Å². The van der Waals surface area contributed by atoms with Crippen LogP contribution in [0.5, 0.6) is 5.75 Å². The third-order valence-corrected chi connectivity index (χ3v) is 15.4. The van der Waals surface area contributed by atoms with E-state index in [2.05, 4.69) is 34.5 Å². The molecule has 7 nitrogen and oxygen atoms in total. The molecule has 2 unspecified atom stereocenters. The predicted octanol–water partition coefficient (Wildman–Crippen LogP) is 7.32. The quantitative estimate of drug-likeness (QED) is 0.316. The van der Waals surface area contributed by atoms with E-state index in [1.807, 2.05) is 25.1 Å². The van der Waals surface area contributed by atoms with E-state index in [-0.39, 0.29) is 41.0 Å². The molecule has 3 aliphatic heterocycles. The van der Waals surface area contributed by atoms with Crippen LogP contribution in [0, 0.1) is 23.7 Å². The Bertz CT molecular complexity index is 1650. The number of anilines is 1. The lowest BCUT2D eigenvalue weighted by atomic mass is 9.64. The fraction of sp³-hybridized carbons (Fsp3) is 0.641. The number of ether oxygens (including phenoxy) is 3. The summed E-state index contributed by atoms with van der Waals surface area (Å²) in [5.74, 6) is 5.98. The summed E-state index contributed by atoms with van der Waals surface area (Å²) in [7, 11) is -2.89. The molecule has 2 bridgehead atoms. The van der Waals surface area contributed by atoms with Gasteiger partial charge in [-0.2, -0.15) is 0 Å². The number of hydrogen-bond acceptors (Lipinski definition) is 6. The van der Waals surface area contributed by atoms with Crippen LogP contribution in [0.4, 0.5) is 5.69 Å². The van der Waals surface area contributed by atoms with Crippen molar-refractivity contribution in [2.45, 2.75) is 114 Å². The van der Waals surface area contributed by atoms with E-state index in [0.717, 1.165) is 80.9 Å². The molecular weight excluding hydrogens is 644 g/mol. The smallest absolute Gasteiger partial charge is 0.262 e. The number of hydrogen-bond donors (Lipinski definition) is 1. The minimum absolute atomic E-state index is 0.145. The van der Waals surface area contributed by atoms with Crippen molar-refractivity contribution in [2.24, 2.45) is 23.7 Å². The van der Waals surface area contributed by atoms with Crippen LogP contribution in [0.3, 0.4) is 0 Å². The third kappa shape index (κ3) is 5.96. The average Bonchev–Trinajstić information content (AvgIpc) is 3.62. The van der Waals surface area contributed by atoms with Gasteiger partial charge in [0.05, 0.1) is 34.2 Å². The Kier molecular flexibility index (Phi) is 8.79. The third-order valence-electron chi connectivity index (χ3n) is 13.0. The van der Waals surface area contributed by atoms with Gasteiger partial charge in [-0.05, 0) is 136 Å². The van der Waals surface area contributed by atoms with Gasteiger partial charge >= 0.3 is 0 Å². The highest BCUT2D eigenvalue weighted by atomic mass is 35.5. The van der Waals surface area contributed by atoms with Gasteiger partial charge in [-0.3, -0.25) is 9.52 Å². The number of carbonyl (C=O) groups is 1. The Morgan fingerprint density at radius 2 is 1.75 bits per heavy atom. The van der Waals surface area contributed by atoms with Crippen LogP contribution in [-0.4, -0.2) is 59.4 Å². The van der Waals surface area contributed by atoms with Crippen LogP contribution in [0.1, 0.15) is 99.5 Å². The minimum Gasteiger partial charge on any atom is -0.490 e. The Labute approximate surface area is 291 Å². The van der Waals surface area contributed by atoms with Gasteiger partial charge in [0.2, 0.25) is 0 Å². The molecule has 2 saturated carbocycles. The summed E-state index contributed by atoms with van der Waals surface area (Å²) < 4.78 is 36.9. The van der Waals surface area contributed by atoms with Gasteiger partial charge in [-0.25, -0.2) is 4.21 Å². The molecule has 2 aromatic carbocycles. The Hall–Kier alpha value is -2.26. The highest BCUT2D eigenvalue weighted by Crippen LogP contribution is 2.50. The molecule has 1 spiro atoms. The van der Waals surface area contributed by atoms with Gasteiger partial charge in [0.15, 0.2) is 6.29 Å². The van der Waals surface area contributed by atoms with Crippen molar-refractivity contribution in [2.75, 3.05) is 24.6 Å². The first-order valence-electron chi connectivity index (χ1n) is 18.4. The first-order chi connectivity index (χ1) is 23.1. The van der Waals surface area contributed by atoms with Crippen molar-refractivity contribution in [1.29, 1.82) is 0 Å². The fourth-order valence-electron chi connectivity index (χ4n) is 9.85. The predicted molar refractivity (Wildman–Crippen MR) is 193 cm³/mol. The molecule has 3 aliphatic carbocycles. The number of nitrogens with zero attached hydrogens (tertiary/aromatic N) is 1. The van der Waals surface area contributed by atoms with Crippen LogP contribution in [-0.2, 0) is 31.0 Å². The van der Waals surface area contributed by atoms with Gasteiger partial charge in [0, 0.05) is 40.3 Å². The number of nitrogens with one attached hydrogen (secondary N) is 1. The zero-order valence-corrected chi connectivity index (χ0v) is 30.0. The van der Waals surface area contributed by atoms with Crippen LogP contribution in [0.2, 0.25) is 5.02 Å². The summed E-state index contributed by atoms with van der Waals surface area (Å²) in [6.07, 6.45) is 12.1. The molecule has 0 radical (unpaired) electrons. The highest BCUT2D eigenvalue weighted by Gasteiger charge is 2.49. The van der Waals surface area contributed by atoms with Gasteiger partial charge in [0.1, 0.15) is 5.75 Å². The molecular formula is C39H51ClN2O5S. The van der Waals surface area contributed by atoms with Crippen molar-refractivity contribution in [3.05, 3.63) is 58.1 Å². The van der Waals surface area contributed by atoms with Gasteiger partial charge in [0.25, 0.3) is 5.91 Å². The Balaban J connectivity index is 1.18. The molecule has 1 saturated heterocycles. The number of amides is 1. The fourth-order valence-corrected chi connectivity index (χ4v) is 11.6. The summed E-state index contributed by atoms with van der Waals surface area (Å²) in [4.78, 5) is 16.2. The number of carbonyl (C=O) groups excluding carboxylic acids is 1. The van der Waals surface area contributed by atoms with Gasteiger partial charge in [-0.1, -0.05) is 31.0 Å². The van der Waals surface area contributed by atoms with Crippen LogP contribution >= 0.6 is 11.6 Å².